The van der Waals surface area contributed by atoms with Gasteiger partial charge in [0.1, 0.15) is 0 Å². The summed E-state index contributed by atoms with van der Waals surface area (Å²) < 4.78 is 0. The van der Waals surface area contributed by atoms with Crippen molar-refractivity contribution >= 4 is 23.0 Å². The topological polar surface area (TPSA) is 40.6 Å². The van der Waals surface area contributed by atoms with Crippen molar-refractivity contribution in [3.8, 4) is 0 Å². The Hall–Kier alpha value is -3.14. The van der Waals surface area contributed by atoms with Crippen LogP contribution in [0.2, 0.25) is 0 Å². The molecule has 2 amide bonds. The van der Waals surface area contributed by atoms with E-state index in [1.54, 1.807) is 23.6 Å². The molecule has 0 saturated carbocycles. The van der Waals surface area contributed by atoms with Crippen molar-refractivity contribution in [3.63, 3.8) is 0 Å². The van der Waals surface area contributed by atoms with E-state index in [9.17, 15) is 9.59 Å². The maximum Gasteiger partial charge on any atom is 0.224 e. The van der Waals surface area contributed by atoms with Gasteiger partial charge in [-0.1, -0.05) is 48.5 Å². The Balaban J connectivity index is 1.99. The van der Waals surface area contributed by atoms with Gasteiger partial charge in [-0.25, -0.2) is 0 Å². The molecule has 4 rings (SSSR count). The first-order valence-corrected chi connectivity index (χ1v) is 9.53. The summed E-state index contributed by atoms with van der Waals surface area (Å²) in [4.78, 5) is 28.8. The fourth-order valence-corrected chi connectivity index (χ4v) is 4.46. The smallest absolute Gasteiger partial charge is 0.224 e. The minimum absolute atomic E-state index is 0.0360. The van der Waals surface area contributed by atoms with Crippen molar-refractivity contribution in [2.24, 2.45) is 0 Å². The highest BCUT2D eigenvalue weighted by Gasteiger charge is 2.41. The lowest BCUT2D eigenvalue weighted by molar-refractivity contribution is -0.134. The lowest BCUT2D eigenvalue weighted by Crippen LogP contribution is -2.43. The quantitative estimate of drug-likeness (QED) is 0.713. The Morgan fingerprint density at radius 1 is 0.679 bits per heavy atom. The highest BCUT2D eigenvalue weighted by atomic mass is 16.2. The van der Waals surface area contributed by atoms with Crippen LogP contribution in [0.3, 0.4) is 0 Å². The summed E-state index contributed by atoms with van der Waals surface area (Å²) in [5.74, 6) is -0.0720. The lowest BCUT2D eigenvalue weighted by atomic mass is 9.80. The first-order chi connectivity index (χ1) is 13.4. The molecule has 2 aliphatic heterocycles. The summed E-state index contributed by atoms with van der Waals surface area (Å²) in [6.07, 6.45) is 3.84. The number of allylic oxidation sites excluding steroid dienone is 2. The van der Waals surface area contributed by atoms with Crippen molar-refractivity contribution in [2.75, 3.05) is 0 Å². The van der Waals surface area contributed by atoms with Crippen LogP contribution in [0.4, 0.5) is 0 Å². The third-order valence-corrected chi connectivity index (χ3v) is 5.70. The molecule has 0 spiro atoms. The number of amides is 2. The second-order valence-electron chi connectivity index (χ2n) is 7.54. The number of carbonyl (C=O) groups is 2. The fraction of sp³-hybridized carbons (Fsp3) is 0.250. The van der Waals surface area contributed by atoms with Crippen LogP contribution in [0.1, 0.15) is 62.0 Å². The lowest BCUT2D eigenvalue weighted by Gasteiger charge is -2.45. The third kappa shape index (κ3) is 2.76. The van der Waals surface area contributed by atoms with E-state index in [0.717, 1.165) is 33.4 Å². The minimum atomic E-state index is -0.285. The Labute approximate surface area is 165 Å². The molecule has 2 aromatic carbocycles. The molecular formula is C24H24N2O2. The van der Waals surface area contributed by atoms with E-state index in [1.165, 1.54) is 0 Å². The van der Waals surface area contributed by atoms with Gasteiger partial charge in [0, 0.05) is 26.2 Å². The Morgan fingerprint density at radius 2 is 1.04 bits per heavy atom. The maximum atomic E-state index is 12.6. The predicted molar refractivity (Wildman–Crippen MR) is 111 cm³/mol. The van der Waals surface area contributed by atoms with Gasteiger partial charge in [-0.2, -0.15) is 0 Å². The van der Waals surface area contributed by atoms with Crippen LogP contribution in [0.5, 0.6) is 0 Å². The van der Waals surface area contributed by atoms with E-state index in [1.807, 2.05) is 50.5 Å². The monoisotopic (exact) mass is 372 g/mol. The van der Waals surface area contributed by atoms with E-state index in [2.05, 4.69) is 24.3 Å². The van der Waals surface area contributed by atoms with E-state index >= 15 is 0 Å². The zero-order valence-corrected chi connectivity index (χ0v) is 16.6. The van der Waals surface area contributed by atoms with Gasteiger partial charge in [0.2, 0.25) is 11.8 Å². The molecule has 0 aliphatic carbocycles. The molecule has 4 heteroatoms. The van der Waals surface area contributed by atoms with Gasteiger partial charge in [0.25, 0.3) is 0 Å². The largest absolute Gasteiger partial charge is 0.309 e. The summed E-state index contributed by atoms with van der Waals surface area (Å²) in [5.41, 5.74) is 6.47. The summed E-state index contributed by atoms with van der Waals surface area (Å²) in [6, 6.07) is 15.7. The van der Waals surface area contributed by atoms with Gasteiger partial charge in [0.05, 0.1) is 12.1 Å². The SMILES string of the molecule is CC(=O)N1C=C(C)c2ccccc2[C@H]1[C@@H]1c2ccccc2C(C)=CN1C(C)=O. The second kappa shape index (κ2) is 6.79. The minimum Gasteiger partial charge on any atom is -0.309 e. The van der Waals surface area contributed by atoms with E-state index < -0.39 is 0 Å². The number of carbonyl (C=O) groups excluding carboxylic acids is 2. The third-order valence-electron chi connectivity index (χ3n) is 5.70. The molecule has 0 N–H and O–H groups in total. The standard InChI is InChI=1S/C24H24N2O2/c1-15-13-25(17(3)27)23(21-11-7-5-9-19(15)21)24-22-12-8-6-10-20(22)16(2)14-26(24)18(4)28/h5-14,23-24H,1-4H3/t23-,24-/m0/s1. The van der Waals surface area contributed by atoms with Gasteiger partial charge in [-0.05, 0) is 47.2 Å². The van der Waals surface area contributed by atoms with Gasteiger partial charge >= 0.3 is 0 Å². The molecule has 0 bridgehead atoms. The molecule has 28 heavy (non-hydrogen) atoms. The van der Waals surface area contributed by atoms with E-state index in [0.29, 0.717) is 0 Å². The van der Waals surface area contributed by atoms with Crippen LogP contribution in [-0.2, 0) is 9.59 Å². The predicted octanol–water partition coefficient (Wildman–Crippen LogP) is 4.91. The maximum absolute atomic E-state index is 12.6. The Morgan fingerprint density at radius 3 is 1.39 bits per heavy atom. The molecule has 0 aromatic heterocycles. The van der Waals surface area contributed by atoms with Crippen molar-refractivity contribution in [3.05, 3.63) is 83.2 Å². The highest BCUT2D eigenvalue weighted by Crippen LogP contribution is 2.48. The van der Waals surface area contributed by atoms with E-state index in [4.69, 9.17) is 0 Å². The second-order valence-corrected chi connectivity index (χ2v) is 7.54. The molecular weight excluding hydrogens is 348 g/mol. The average molecular weight is 372 g/mol. The number of rotatable bonds is 1. The van der Waals surface area contributed by atoms with Crippen molar-refractivity contribution < 1.29 is 9.59 Å². The van der Waals surface area contributed by atoms with Crippen molar-refractivity contribution in [2.45, 2.75) is 39.8 Å². The molecule has 2 aromatic rings. The zero-order chi connectivity index (χ0) is 20.0. The Kier molecular flexibility index (Phi) is 4.42. The van der Waals surface area contributed by atoms with E-state index in [-0.39, 0.29) is 23.9 Å². The average Bonchev–Trinajstić information content (AvgIpc) is 2.68. The number of hydrogen-bond donors (Lipinski definition) is 0. The zero-order valence-electron chi connectivity index (χ0n) is 16.6. The number of hydrogen-bond acceptors (Lipinski definition) is 2. The summed E-state index contributed by atoms with van der Waals surface area (Å²) in [5, 5.41) is 0. The van der Waals surface area contributed by atoms with Crippen LogP contribution < -0.4 is 0 Å². The Bertz CT molecular complexity index is 951. The van der Waals surface area contributed by atoms with Crippen LogP contribution in [0.15, 0.2) is 60.9 Å². The number of fused-ring (bicyclic) bond motifs is 2. The van der Waals surface area contributed by atoms with Crippen molar-refractivity contribution in [1.29, 1.82) is 0 Å². The van der Waals surface area contributed by atoms with Crippen LogP contribution in [-0.4, -0.2) is 21.6 Å². The fourth-order valence-electron chi connectivity index (χ4n) is 4.46. The summed E-state index contributed by atoms with van der Waals surface area (Å²) in [7, 11) is 0. The molecule has 0 radical (unpaired) electrons. The molecule has 142 valence electrons. The number of nitrogens with zero attached hydrogens (tertiary/aromatic N) is 2. The van der Waals surface area contributed by atoms with Gasteiger partial charge in [-0.3, -0.25) is 9.59 Å². The van der Waals surface area contributed by atoms with Crippen molar-refractivity contribution in [1.82, 2.24) is 9.80 Å². The first kappa shape index (κ1) is 18.2. The number of benzene rings is 2. The summed E-state index contributed by atoms with van der Waals surface area (Å²) in [6.45, 7) is 7.20. The van der Waals surface area contributed by atoms with Gasteiger partial charge in [0.15, 0.2) is 0 Å². The van der Waals surface area contributed by atoms with Gasteiger partial charge < -0.3 is 9.80 Å². The van der Waals surface area contributed by atoms with Crippen LogP contribution >= 0.6 is 0 Å². The highest BCUT2D eigenvalue weighted by molar-refractivity contribution is 5.84. The molecule has 0 fully saturated rings. The van der Waals surface area contributed by atoms with Crippen LogP contribution in [0, 0.1) is 0 Å². The normalized spacial score (nSPS) is 20.7. The summed E-state index contributed by atoms with van der Waals surface area (Å²) >= 11 is 0. The molecule has 2 atom stereocenters. The van der Waals surface area contributed by atoms with Crippen LogP contribution in [0.25, 0.3) is 11.1 Å². The molecule has 2 aliphatic rings. The first-order valence-electron chi connectivity index (χ1n) is 9.53. The molecule has 2 heterocycles. The van der Waals surface area contributed by atoms with Gasteiger partial charge in [-0.15, -0.1) is 0 Å². The molecule has 4 nitrogen and oxygen atoms in total. The molecule has 0 saturated heterocycles. The molecule has 0 unspecified atom stereocenters.